The van der Waals surface area contributed by atoms with Crippen LogP contribution in [-0.4, -0.2) is 24.8 Å². The summed E-state index contributed by atoms with van der Waals surface area (Å²) in [6.07, 6.45) is 1.96. The Kier molecular flexibility index (Phi) is 4.64. The Balaban J connectivity index is 2.77. The molecule has 0 saturated heterocycles. The van der Waals surface area contributed by atoms with Gasteiger partial charge in [0.25, 0.3) is 0 Å². The van der Waals surface area contributed by atoms with E-state index in [1.165, 1.54) is 19.2 Å². The molecule has 4 heteroatoms. The summed E-state index contributed by atoms with van der Waals surface area (Å²) < 4.78 is 9.96. The summed E-state index contributed by atoms with van der Waals surface area (Å²) in [6.45, 7) is 2.63. The minimum atomic E-state index is -0.490. The summed E-state index contributed by atoms with van der Waals surface area (Å²) in [6, 6.07) is 4.38. The number of phenols is 1. The minimum Gasteiger partial charge on any atom is -0.508 e. The van der Waals surface area contributed by atoms with Gasteiger partial charge in [-0.2, -0.15) is 0 Å². The molecule has 1 aromatic carbocycles. The quantitative estimate of drug-likeness (QED) is 0.616. The first kappa shape index (κ1) is 12.4. The Morgan fingerprint density at radius 1 is 1.38 bits per heavy atom. The highest BCUT2D eigenvalue weighted by molar-refractivity contribution is 5.90. The number of aromatic hydroxyl groups is 1. The first-order chi connectivity index (χ1) is 7.67. The van der Waals surface area contributed by atoms with E-state index in [1.807, 2.05) is 0 Å². The molecule has 0 aliphatic carbocycles. The van der Waals surface area contributed by atoms with Crippen molar-refractivity contribution in [3.05, 3.63) is 23.8 Å². The van der Waals surface area contributed by atoms with E-state index in [1.54, 1.807) is 6.07 Å². The minimum absolute atomic E-state index is 0.00519. The SMILES string of the molecule is CCCCOc1cc(O)cc(C(=O)OC)c1. The summed E-state index contributed by atoms with van der Waals surface area (Å²) in [5, 5.41) is 9.41. The van der Waals surface area contributed by atoms with E-state index in [4.69, 9.17) is 4.74 Å². The lowest BCUT2D eigenvalue weighted by Crippen LogP contribution is -2.02. The molecule has 0 amide bonds. The average Bonchev–Trinajstić information content (AvgIpc) is 2.27. The van der Waals surface area contributed by atoms with Gasteiger partial charge < -0.3 is 14.6 Å². The maximum Gasteiger partial charge on any atom is 0.338 e. The number of benzene rings is 1. The molecule has 16 heavy (non-hydrogen) atoms. The molecule has 0 heterocycles. The van der Waals surface area contributed by atoms with Gasteiger partial charge >= 0.3 is 5.97 Å². The third kappa shape index (κ3) is 3.46. The largest absolute Gasteiger partial charge is 0.508 e. The highest BCUT2D eigenvalue weighted by Crippen LogP contribution is 2.22. The maximum atomic E-state index is 11.3. The predicted molar refractivity (Wildman–Crippen MR) is 59.8 cm³/mol. The monoisotopic (exact) mass is 224 g/mol. The molecule has 0 spiro atoms. The fourth-order valence-corrected chi connectivity index (χ4v) is 1.24. The lowest BCUT2D eigenvalue weighted by atomic mass is 10.2. The van der Waals surface area contributed by atoms with Gasteiger partial charge in [0.2, 0.25) is 0 Å². The van der Waals surface area contributed by atoms with E-state index in [0.29, 0.717) is 12.4 Å². The number of esters is 1. The molecule has 0 fully saturated rings. The van der Waals surface area contributed by atoms with Gasteiger partial charge in [-0.15, -0.1) is 0 Å². The molecular weight excluding hydrogens is 208 g/mol. The Bertz CT molecular complexity index is 360. The van der Waals surface area contributed by atoms with Crippen molar-refractivity contribution in [1.29, 1.82) is 0 Å². The average molecular weight is 224 g/mol. The number of hydrogen-bond donors (Lipinski definition) is 1. The van der Waals surface area contributed by atoms with Crippen molar-refractivity contribution in [3.8, 4) is 11.5 Å². The number of carbonyl (C=O) groups excluding carboxylic acids is 1. The fraction of sp³-hybridized carbons (Fsp3) is 0.417. The van der Waals surface area contributed by atoms with Crippen LogP contribution in [0.4, 0.5) is 0 Å². The van der Waals surface area contributed by atoms with Crippen LogP contribution in [-0.2, 0) is 4.74 Å². The predicted octanol–water partition coefficient (Wildman–Crippen LogP) is 2.36. The van der Waals surface area contributed by atoms with Crippen LogP contribution in [0.5, 0.6) is 11.5 Å². The van der Waals surface area contributed by atoms with Gasteiger partial charge in [-0.05, 0) is 18.6 Å². The van der Waals surface area contributed by atoms with Crippen LogP contribution in [0.25, 0.3) is 0 Å². The third-order valence-corrected chi connectivity index (χ3v) is 2.08. The molecule has 0 aliphatic rings. The van der Waals surface area contributed by atoms with Gasteiger partial charge in [0.15, 0.2) is 0 Å². The van der Waals surface area contributed by atoms with E-state index < -0.39 is 5.97 Å². The Hall–Kier alpha value is -1.71. The summed E-state index contributed by atoms with van der Waals surface area (Å²) in [4.78, 5) is 11.3. The van der Waals surface area contributed by atoms with Crippen molar-refractivity contribution < 1.29 is 19.4 Å². The van der Waals surface area contributed by atoms with Crippen molar-refractivity contribution in [2.75, 3.05) is 13.7 Å². The van der Waals surface area contributed by atoms with E-state index in [9.17, 15) is 9.90 Å². The van der Waals surface area contributed by atoms with Crippen LogP contribution in [0.2, 0.25) is 0 Å². The summed E-state index contributed by atoms with van der Waals surface area (Å²) in [5.41, 5.74) is 0.286. The molecule has 0 atom stereocenters. The number of methoxy groups -OCH3 is 1. The molecule has 0 unspecified atom stereocenters. The van der Waals surface area contributed by atoms with E-state index in [0.717, 1.165) is 12.8 Å². The van der Waals surface area contributed by atoms with Gasteiger partial charge in [0.05, 0.1) is 19.3 Å². The number of ether oxygens (including phenoxy) is 2. The van der Waals surface area contributed by atoms with Crippen LogP contribution in [0.1, 0.15) is 30.1 Å². The summed E-state index contributed by atoms with van der Waals surface area (Å²) in [5.74, 6) is -0.0144. The van der Waals surface area contributed by atoms with Crippen molar-refractivity contribution in [2.24, 2.45) is 0 Å². The molecule has 0 saturated carbocycles. The van der Waals surface area contributed by atoms with Gasteiger partial charge in [-0.1, -0.05) is 13.3 Å². The molecular formula is C12H16O4. The number of phenolic OH excluding ortho intramolecular Hbond substituents is 1. The fourth-order valence-electron chi connectivity index (χ4n) is 1.24. The lowest BCUT2D eigenvalue weighted by molar-refractivity contribution is 0.0599. The molecule has 0 bridgehead atoms. The molecule has 0 aromatic heterocycles. The van der Waals surface area contributed by atoms with Crippen LogP contribution >= 0.6 is 0 Å². The first-order valence-corrected chi connectivity index (χ1v) is 5.22. The Morgan fingerprint density at radius 3 is 2.75 bits per heavy atom. The number of unbranched alkanes of at least 4 members (excludes halogenated alkanes) is 1. The van der Waals surface area contributed by atoms with Crippen LogP contribution in [0.15, 0.2) is 18.2 Å². The maximum absolute atomic E-state index is 11.3. The van der Waals surface area contributed by atoms with E-state index >= 15 is 0 Å². The topological polar surface area (TPSA) is 55.8 Å². The summed E-state index contributed by atoms with van der Waals surface area (Å²) in [7, 11) is 1.30. The number of hydrogen-bond acceptors (Lipinski definition) is 4. The van der Waals surface area contributed by atoms with Gasteiger partial charge in [-0.3, -0.25) is 0 Å². The second-order valence-electron chi connectivity index (χ2n) is 3.41. The molecule has 4 nitrogen and oxygen atoms in total. The smallest absolute Gasteiger partial charge is 0.338 e. The van der Waals surface area contributed by atoms with Crippen LogP contribution in [0, 0.1) is 0 Å². The molecule has 1 N–H and O–H groups in total. The Morgan fingerprint density at radius 2 is 2.12 bits per heavy atom. The second kappa shape index (κ2) is 6.00. The van der Waals surface area contributed by atoms with E-state index in [-0.39, 0.29) is 11.3 Å². The molecule has 88 valence electrons. The standard InChI is InChI=1S/C12H16O4/c1-3-4-5-16-11-7-9(12(14)15-2)6-10(13)8-11/h6-8,13H,3-5H2,1-2H3. The zero-order valence-electron chi connectivity index (χ0n) is 9.53. The molecule has 1 rings (SSSR count). The zero-order chi connectivity index (χ0) is 12.0. The number of carbonyl (C=O) groups is 1. The first-order valence-electron chi connectivity index (χ1n) is 5.22. The van der Waals surface area contributed by atoms with Gasteiger partial charge in [0, 0.05) is 6.07 Å². The highest BCUT2D eigenvalue weighted by Gasteiger charge is 2.09. The second-order valence-corrected chi connectivity index (χ2v) is 3.41. The van der Waals surface area contributed by atoms with Crippen LogP contribution < -0.4 is 4.74 Å². The Labute approximate surface area is 94.8 Å². The molecule has 0 aliphatic heterocycles. The highest BCUT2D eigenvalue weighted by atomic mass is 16.5. The van der Waals surface area contributed by atoms with Crippen molar-refractivity contribution in [1.82, 2.24) is 0 Å². The van der Waals surface area contributed by atoms with Crippen LogP contribution in [0.3, 0.4) is 0 Å². The van der Waals surface area contributed by atoms with Crippen molar-refractivity contribution in [3.63, 3.8) is 0 Å². The van der Waals surface area contributed by atoms with Crippen molar-refractivity contribution in [2.45, 2.75) is 19.8 Å². The number of rotatable bonds is 5. The zero-order valence-corrected chi connectivity index (χ0v) is 9.53. The van der Waals surface area contributed by atoms with Crippen molar-refractivity contribution >= 4 is 5.97 Å². The summed E-state index contributed by atoms with van der Waals surface area (Å²) >= 11 is 0. The van der Waals surface area contributed by atoms with E-state index in [2.05, 4.69) is 11.7 Å². The van der Waals surface area contributed by atoms with Gasteiger partial charge in [-0.25, -0.2) is 4.79 Å². The third-order valence-electron chi connectivity index (χ3n) is 2.08. The van der Waals surface area contributed by atoms with Gasteiger partial charge in [0.1, 0.15) is 11.5 Å². The molecule has 1 aromatic rings. The lowest BCUT2D eigenvalue weighted by Gasteiger charge is -2.07. The molecule has 0 radical (unpaired) electrons. The normalized spacial score (nSPS) is 9.88.